The fourth-order valence-electron chi connectivity index (χ4n) is 1.59. The molecule has 4 heteroatoms. The summed E-state index contributed by atoms with van der Waals surface area (Å²) < 4.78 is 13.7. The summed E-state index contributed by atoms with van der Waals surface area (Å²) >= 11 is 7.66. The lowest BCUT2D eigenvalue weighted by atomic mass is 10.1. The number of nitrogens with one attached hydrogen (secondary N) is 1. The Bertz CT molecular complexity index is 346. The highest BCUT2D eigenvalue weighted by Crippen LogP contribution is 2.19. The second kappa shape index (κ2) is 7.96. The van der Waals surface area contributed by atoms with Crippen LogP contribution in [-0.4, -0.2) is 24.6 Å². The van der Waals surface area contributed by atoms with E-state index in [9.17, 15) is 4.39 Å². The molecule has 0 aromatic heterocycles. The Morgan fingerprint density at radius 1 is 1.47 bits per heavy atom. The number of thioether (sulfide) groups is 1. The molecule has 1 aromatic carbocycles. The zero-order chi connectivity index (χ0) is 12.7. The number of benzene rings is 1. The van der Waals surface area contributed by atoms with Crippen LogP contribution in [0.3, 0.4) is 0 Å². The minimum atomic E-state index is -0.282. The Hall–Kier alpha value is -0.250. The first-order valence-corrected chi connectivity index (χ1v) is 7.40. The summed E-state index contributed by atoms with van der Waals surface area (Å²) in [6.45, 7) is 2.16. The molecule has 1 rings (SSSR count). The summed E-state index contributed by atoms with van der Waals surface area (Å²) in [6.07, 6.45) is 1.85. The Morgan fingerprint density at radius 3 is 2.88 bits per heavy atom. The van der Waals surface area contributed by atoms with E-state index in [1.807, 2.05) is 18.8 Å². The third kappa shape index (κ3) is 4.86. The summed E-state index contributed by atoms with van der Waals surface area (Å²) in [6, 6.07) is 5.48. The highest BCUT2D eigenvalue weighted by molar-refractivity contribution is 7.99. The van der Waals surface area contributed by atoms with E-state index in [0.717, 1.165) is 11.5 Å². The van der Waals surface area contributed by atoms with Crippen molar-refractivity contribution < 1.29 is 4.39 Å². The molecule has 0 bridgehead atoms. The fourth-order valence-corrected chi connectivity index (χ4v) is 2.80. The normalized spacial score (nSPS) is 12.7. The average Bonchev–Trinajstić information content (AvgIpc) is 2.33. The van der Waals surface area contributed by atoms with Crippen LogP contribution in [0.4, 0.5) is 4.39 Å². The largest absolute Gasteiger partial charge is 0.316 e. The molecule has 17 heavy (non-hydrogen) atoms. The van der Waals surface area contributed by atoms with Gasteiger partial charge in [-0.2, -0.15) is 11.8 Å². The van der Waals surface area contributed by atoms with Gasteiger partial charge in [0.25, 0.3) is 0 Å². The molecule has 1 nitrogen and oxygen atoms in total. The van der Waals surface area contributed by atoms with Crippen LogP contribution in [0.2, 0.25) is 5.02 Å². The molecular formula is C13H19ClFNS. The first-order valence-electron chi connectivity index (χ1n) is 5.87. The minimum Gasteiger partial charge on any atom is -0.316 e. The van der Waals surface area contributed by atoms with Crippen molar-refractivity contribution in [1.29, 1.82) is 0 Å². The predicted molar refractivity (Wildman–Crippen MR) is 75.6 cm³/mol. The van der Waals surface area contributed by atoms with Crippen LogP contribution < -0.4 is 5.32 Å². The van der Waals surface area contributed by atoms with Gasteiger partial charge < -0.3 is 5.32 Å². The standard InChI is InChI=1S/C13H19ClFNS/c1-3-7-17-9-11(16-2)8-10-5-4-6-12(14)13(10)15/h4-6,11,16H,3,7-9H2,1-2H3. The van der Waals surface area contributed by atoms with Gasteiger partial charge in [0.15, 0.2) is 0 Å². The molecule has 0 aliphatic heterocycles. The van der Waals surface area contributed by atoms with Crippen molar-refractivity contribution in [3.05, 3.63) is 34.6 Å². The van der Waals surface area contributed by atoms with E-state index >= 15 is 0 Å². The Balaban J connectivity index is 2.57. The molecule has 0 heterocycles. The maximum atomic E-state index is 13.7. The van der Waals surface area contributed by atoms with Gasteiger partial charge in [0.2, 0.25) is 0 Å². The molecule has 1 unspecified atom stereocenters. The first kappa shape index (κ1) is 14.8. The van der Waals surface area contributed by atoms with E-state index in [-0.39, 0.29) is 10.8 Å². The van der Waals surface area contributed by atoms with Gasteiger partial charge in [0.05, 0.1) is 5.02 Å². The maximum Gasteiger partial charge on any atom is 0.145 e. The van der Waals surface area contributed by atoms with Crippen LogP contribution in [0.25, 0.3) is 0 Å². The SMILES string of the molecule is CCCSCC(Cc1cccc(Cl)c1F)NC. The van der Waals surface area contributed by atoms with Gasteiger partial charge in [-0.25, -0.2) is 4.39 Å². The number of hydrogen-bond acceptors (Lipinski definition) is 2. The first-order chi connectivity index (χ1) is 8.19. The summed E-state index contributed by atoms with van der Waals surface area (Å²) in [5.41, 5.74) is 0.689. The van der Waals surface area contributed by atoms with Crippen LogP contribution in [0, 0.1) is 5.82 Å². The lowest BCUT2D eigenvalue weighted by Crippen LogP contribution is -2.30. The van der Waals surface area contributed by atoms with Gasteiger partial charge in [-0.1, -0.05) is 30.7 Å². The molecule has 96 valence electrons. The van der Waals surface area contributed by atoms with Gasteiger partial charge in [-0.3, -0.25) is 0 Å². The van der Waals surface area contributed by atoms with Crippen LogP contribution in [-0.2, 0) is 6.42 Å². The van der Waals surface area contributed by atoms with E-state index < -0.39 is 0 Å². The van der Waals surface area contributed by atoms with Crippen LogP contribution in [0.5, 0.6) is 0 Å². The number of rotatable bonds is 7. The zero-order valence-electron chi connectivity index (χ0n) is 10.3. The molecule has 0 aliphatic carbocycles. The van der Waals surface area contributed by atoms with Gasteiger partial charge in [0, 0.05) is 11.8 Å². The monoisotopic (exact) mass is 275 g/mol. The molecule has 0 saturated heterocycles. The molecule has 0 amide bonds. The summed E-state index contributed by atoms with van der Waals surface area (Å²) in [7, 11) is 1.92. The summed E-state index contributed by atoms with van der Waals surface area (Å²) in [4.78, 5) is 0. The Labute approximate surface area is 112 Å². The molecule has 1 atom stereocenters. The van der Waals surface area contributed by atoms with E-state index in [4.69, 9.17) is 11.6 Å². The third-order valence-electron chi connectivity index (χ3n) is 2.57. The molecule has 0 aliphatic rings. The highest BCUT2D eigenvalue weighted by atomic mass is 35.5. The van der Waals surface area contributed by atoms with Gasteiger partial charge in [-0.05, 0) is 37.3 Å². The molecule has 0 saturated carbocycles. The molecule has 1 N–H and O–H groups in total. The maximum absolute atomic E-state index is 13.7. The van der Waals surface area contributed by atoms with Crippen LogP contribution in [0.15, 0.2) is 18.2 Å². The van der Waals surface area contributed by atoms with Gasteiger partial charge in [0.1, 0.15) is 5.82 Å². The minimum absolute atomic E-state index is 0.207. The van der Waals surface area contributed by atoms with E-state index in [1.54, 1.807) is 18.2 Å². The second-order valence-electron chi connectivity index (χ2n) is 3.98. The molecule has 1 aromatic rings. The predicted octanol–water partition coefficient (Wildman–Crippen LogP) is 3.75. The van der Waals surface area contributed by atoms with Crippen molar-refractivity contribution >= 4 is 23.4 Å². The summed E-state index contributed by atoms with van der Waals surface area (Å²) in [5.74, 6) is 1.86. The fraction of sp³-hybridized carbons (Fsp3) is 0.538. The van der Waals surface area contributed by atoms with Crippen molar-refractivity contribution in [2.45, 2.75) is 25.8 Å². The van der Waals surface area contributed by atoms with Crippen molar-refractivity contribution in [2.24, 2.45) is 0 Å². The molecule has 0 spiro atoms. The lowest BCUT2D eigenvalue weighted by molar-refractivity contribution is 0.568. The summed E-state index contributed by atoms with van der Waals surface area (Å²) in [5, 5.41) is 3.43. The quantitative estimate of drug-likeness (QED) is 0.761. The average molecular weight is 276 g/mol. The van der Waals surface area contributed by atoms with Crippen molar-refractivity contribution in [1.82, 2.24) is 5.32 Å². The van der Waals surface area contributed by atoms with Crippen LogP contribution in [0.1, 0.15) is 18.9 Å². The van der Waals surface area contributed by atoms with E-state index in [0.29, 0.717) is 18.0 Å². The molecule has 0 fully saturated rings. The zero-order valence-corrected chi connectivity index (χ0v) is 11.9. The van der Waals surface area contributed by atoms with Crippen molar-refractivity contribution in [3.63, 3.8) is 0 Å². The number of likely N-dealkylation sites (N-methyl/N-ethyl adjacent to an activating group) is 1. The topological polar surface area (TPSA) is 12.0 Å². The second-order valence-corrected chi connectivity index (χ2v) is 5.53. The number of hydrogen-bond donors (Lipinski definition) is 1. The third-order valence-corrected chi connectivity index (χ3v) is 4.20. The highest BCUT2D eigenvalue weighted by Gasteiger charge is 2.12. The van der Waals surface area contributed by atoms with E-state index in [2.05, 4.69) is 12.2 Å². The van der Waals surface area contributed by atoms with Gasteiger partial charge in [-0.15, -0.1) is 0 Å². The molecule has 0 radical (unpaired) electrons. The van der Waals surface area contributed by atoms with Crippen LogP contribution >= 0.6 is 23.4 Å². The van der Waals surface area contributed by atoms with E-state index in [1.165, 1.54) is 6.42 Å². The molecular weight excluding hydrogens is 257 g/mol. The Kier molecular flexibility index (Phi) is 6.93. The van der Waals surface area contributed by atoms with Crippen molar-refractivity contribution in [3.8, 4) is 0 Å². The van der Waals surface area contributed by atoms with Gasteiger partial charge >= 0.3 is 0 Å². The Morgan fingerprint density at radius 2 is 2.24 bits per heavy atom. The lowest BCUT2D eigenvalue weighted by Gasteiger charge is -2.16. The smallest absolute Gasteiger partial charge is 0.145 e. The number of halogens is 2. The van der Waals surface area contributed by atoms with Crippen molar-refractivity contribution in [2.75, 3.05) is 18.6 Å².